The first kappa shape index (κ1) is 26.4. The fraction of sp³-hybridized carbons (Fsp3) is 0.133. The van der Waals surface area contributed by atoms with E-state index in [-0.39, 0.29) is 5.91 Å². The van der Waals surface area contributed by atoms with Crippen LogP contribution in [-0.2, 0) is 4.79 Å². The molecule has 1 amide bonds. The standard InChI is InChI=1S/C30H30N8O2/c1-21-16-24(9-10-26(21)40-25-11-14-38-15-12-31-29(38)18-25)35-28-19-27(32-20-33-28)34-22-6-4-7-23(17-22)36-30(39)8-5-13-37(2)3/h4-12,14-20H,13H2,1-3H3,(H,36,39)(H2,32,33,34,35). The van der Waals surface area contributed by atoms with Crippen molar-refractivity contribution in [1.29, 1.82) is 0 Å². The van der Waals surface area contributed by atoms with Gasteiger partial charge in [-0.05, 0) is 69.0 Å². The summed E-state index contributed by atoms with van der Waals surface area (Å²) in [7, 11) is 3.90. The fourth-order valence-corrected chi connectivity index (χ4v) is 3.94. The summed E-state index contributed by atoms with van der Waals surface area (Å²) in [5.41, 5.74) is 4.12. The molecule has 0 saturated carbocycles. The molecule has 0 aliphatic carbocycles. The molecule has 10 heteroatoms. The van der Waals surface area contributed by atoms with Crippen LogP contribution in [0.2, 0.25) is 0 Å². The van der Waals surface area contributed by atoms with Gasteiger partial charge in [0.05, 0.1) is 0 Å². The van der Waals surface area contributed by atoms with Gasteiger partial charge in [0.25, 0.3) is 0 Å². The first-order valence-corrected chi connectivity index (χ1v) is 12.7. The van der Waals surface area contributed by atoms with Gasteiger partial charge in [0.15, 0.2) is 0 Å². The van der Waals surface area contributed by atoms with Crippen LogP contribution < -0.4 is 20.7 Å². The largest absolute Gasteiger partial charge is 0.457 e. The molecular weight excluding hydrogens is 504 g/mol. The van der Waals surface area contributed by atoms with E-state index >= 15 is 0 Å². The van der Waals surface area contributed by atoms with Gasteiger partial charge < -0.3 is 30.0 Å². The van der Waals surface area contributed by atoms with Gasteiger partial charge >= 0.3 is 0 Å². The molecule has 0 aliphatic rings. The molecule has 0 radical (unpaired) electrons. The van der Waals surface area contributed by atoms with Crippen LogP contribution in [0, 0.1) is 6.92 Å². The van der Waals surface area contributed by atoms with Crippen LogP contribution in [0.3, 0.4) is 0 Å². The molecule has 0 fully saturated rings. The number of likely N-dealkylation sites (N-methyl/N-ethyl adjacent to an activating group) is 1. The number of carbonyl (C=O) groups is 1. The summed E-state index contributed by atoms with van der Waals surface area (Å²) >= 11 is 0. The summed E-state index contributed by atoms with van der Waals surface area (Å²) in [5.74, 6) is 2.53. The van der Waals surface area contributed by atoms with Gasteiger partial charge in [-0.3, -0.25) is 4.79 Å². The fourth-order valence-electron chi connectivity index (χ4n) is 3.94. The Balaban J connectivity index is 1.21. The molecule has 3 heterocycles. The topological polar surface area (TPSA) is 109 Å². The Kier molecular flexibility index (Phi) is 7.98. The van der Waals surface area contributed by atoms with E-state index in [0.717, 1.165) is 34.1 Å². The van der Waals surface area contributed by atoms with Crippen molar-refractivity contribution in [3.05, 3.63) is 103 Å². The van der Waals surface area contributed by atoms with Crippen LogP contribution in [-0.4, -0.2) is 50.8 Å². The number of nitrogens with zero attached hydrogens (tertiary/aromatic N) is 5. The third-order valence-electron chi connectivity index (χ3n) is 5.85. The van der Waals surface area contributed by atoms with E-state index in [0.29, 0.717) is 23.9 Å². The molecule has 10 nitrogen and oxygen atoms in total. The second-order valence-corrected chi connectivity index (χ2v) is 9.41. The lowest BCUT2D eigenvalue weighted by atomic mass is 10.2. The van der Waals surface area contributed by atoms with E-state index in [2.05, 4.69) is 30.9 Å². The summed E-state index contributed by atoms with van der Waals surface area (Å²) < 4.78 is 8.02. The summed E-state index contributed by atoms with van der Waals surface area (Å²) in [6, 6.07) is 18.9. The SMILES string of the molecule is Cc1cc(Nc2cc(Nc3cccc(NC(=O)C=CCN(C)C)c3)ncn2)ccc1Oc1ccn2ccnc2c1. The lowest BCUT2D eigenvalue weighted by Gasteiger charge is -2.12. The van der Waals surface area contributed by atoms with Gasteiger partial charge in [-0.25, -0.2) is 15.0 Å². The number of nitrogens with one attached hydrogen (secondary N) is 3. The van der Waals surface area contributed by atoms with Crippen molar-refractivity contribution in [2.45, 2.75) is 6.92 Å². The smallest absolute Gasteiger partial charge is 0.248 e. The number of imidazole rings is 1. The number of aromatic nitrogens is 4. The van der Waals surface area contributed by atoms with Gasteiger partial charge in [-0.15, -0.1) is 0 Å². The van der Waals surface area contributed by atoms with Crippen LogP contribution in [0.1, 0.15) is 5.56 Å². The molecule has 3 aromatic heterocycles. The van der Waals surface area contributed by atoms with Gasteiger partial charge in [0, 0.05) is 60.4 Å². The van der Waals surface area contributed by atoms with Crippen molar-refractivity contribution in [2.75, 3.05) is 36.6 Å². The summed E-state index contributed by atoms with van der Waals surface area (Å²) in [5, 5.41) is 9.46. The Bertz CT molecular complexity index is 1660. The maximum atomic E-state index is 12.2. The number of rotatable bonds is 10. The van der Waals surface area contributed by atoms with Crippen molar-refractivity contribution in [3.63, 3.8) is 0 Å². The highest BCUT2D eigenvalue weighted by Gasteiger charge is 2.07. The van der Waals surface area contributed by atoms with Crippen LogP contribution in [0.4, 0.5) is 28.7 Å². The van der Waals surface area contributed by atoms with Crippen molar-refractivity contribution < 1.29 is 9.53 Å². The number of benzene rings is 2. The Morgan fingerprint density at radius 2 is 1.70 bits per heavy atom. The quantitative estimate of drug-likeness (QED) is 0.194. The number of fused-ring (bicyclic) bond motifs is 1. The van der Waals surface area contributed by atoms with Crippen LogP contribution in [0.5, 0.6) is 11.5 Å². The van der Waals surface area contributed by atoms with Crippen molar-refractivity contribution in [2.24, 2.45) is 0 Å². The molecule has 5 rings (SSSR count). The molecule has 0 saturated heterocycles. The van der Waals surface area contributed by atoms with E-state index in [9.17, 15) is 4.79 Å². The number of ether oxygens (including phenoxy) is 1. The summed E-state index contributed by atoms with van der Waals surface area (Å²) in [4.78, 5) is 27.1. The maximum absolute atomic E-state index is 12.2. The van der Waals surface area contributed by atoms with Gasteiger partial charge in [0.1, 0.15) is 35.1 Å². The lowest BCUT2D eigenvalue weighted by molar-refractivity contribution is -0.111. The van der Waals surface area contributed by atoms with Gasteiger partial charge in [-0.1, -0.05) is 12.1 Å². The second kappa shape index (κ2) is 12.1. The van der Waals surface area contributed by atoms with Crippen LogP contribution >= 0.6 is 0 Å². The first-order valence-electron chi connectivity index (χ1n) is 12.7. The molecule has 0 aliphatic heterocycles. The number of carbonyl (C=O) groups excluding carboxylic acids is 1. The molecular formula is C30H30N8O2. The van der Waals surface area contributed by atoms with Crippen LogP contribution in [0.15, 0.2) is 97.7 Å². The lowest BCUT2D eigenvalue weighted by Crippen LogP contribution is -2.12. The number of amides is 1. The van der Waals surface area contributed by atoms with E-state index in [1.807, 2.05) is 109 Å². The highest BCUT2D eigenvalue weighted by molar-refractivity contribution is 5.99. The third-order valence-corrected chi connectivity index (χ3v) is 5.85. The summed E-state index contributed by atoms with van der Waals surface area (Å²) in [6.07, 6.45) is 10.4. The Labute approximate surface area is 232 Å². The van der Waals surface area contributed by atoms with E-state index in [1.165, 1.54) is 12.4 Å². The normalized spacial score (nSPS) is 11.2. The Morgan fingerprint density at radius 1 is 0.925 bits per heavy atom. The molecule has 202 valence electrons. The zero-order valence-electron chi connectivity index (χ0n) is 22.5. The third kappa shape index (κ3) is 7.00. The zero-order valence-corrected chi connectivity index (χ0v) is 22.5. The number of anilines is 5. The highest BCUT2D eigenvalue weighted by Crippen LogP contribution is 2.29. The molecule has 3 N–H and O–H groups in total. The Hall–Kier alpha value is -5.22. The zero-order chi connectivity index (χ0) is 27.9. The minimum Gasteiger partial charge on any atom is -0.457 e. The van der Waals surface area contributed by atoms with E-state index in [4.69, 9.17) is 4.74 Å². The Morgan fingerprint density at radius 3 is 2.48 bits per heavy atom. The predicted octanol–water partition coefficient (Wildman–Crippen LogP) is 5.77. The van der Waals surface area contributed by atoms with Crippen molar-refractivity contribution in [3.8, 4) is 11.5 Å². The average molecular weight is 535 g/mol. The van der Waals surface area contributed by atoms with Gasteiger partial charge in [-0.2, -0.15) is 0 Å². The van der Waals surface area contributed by atoms with E-state index in [1.54, 1.807) is 6.20 Å². The van der Waals surface area contributed by atoms with Crippen LogP contribution in [0.25, 0.3) is 5.65 Å². The monoisotopic (exact) mass is 534 g/mol. The predicted molar refractivity (Wildman–Crippen MR) is 158 cm³/mol. The second-order valence-electron chi connectivity index (χ2n) is 9.41. The first-order chi connectivity index (χ1) is 19.4. The molecule has 0 unspecified atom stereocenters. The number of pyridine rings is 1. The minimum atomic E-state index is -0.182. The molecule has 0 bridgehead atoms. The van der Waals surface area contributed by atoms with Crippen molar-refractivity contribution in [1.82, 2.24) is 24.3 Å². The minimum absolute atomic E-state index is 0.182. The molecule has 2 aromatic carbocycles. The number of hydrogen-bond donors (Lipinski definition) is 3. The molecule has 0 atom stereocenters. The van der Waals surface area contributed by atoms with Gasteiger partial charge in [0.2, 0.25) is 5.91 Å². The maximum Gasteiger partial charge on any atom is 0.248 e. The highest BCUT2D eigenvalue weighted by atomic mass is 16.5. The number of hydrogen-bond acceptors (Lipinski definition) is 8. The molecule has 5 aromatic rings. The molecule has 40 heavy (non-hydrogen) atoms. The summed E-state index contributed by atoms with van der Waals surface area (Å²) in [6.45, 7) is 2.69. The van der Waals surface area contributed by atoms with E-state index < -0.39 is 0 Å². The van der Waals surface area contributed by atoms with Crippen molar-refractivity contribution >= 4 is 40.3 Å². The average Bonchev–Trinajstić information content (AvgIpc) is 3.38. The molecule has 0 spiro atoms. The number of aryl methyl sites for hydroxylation is 1.